The summed E-state index contributed by atoms with van der Waals surface area (Å²) in [6.07, 6.45) is 2.68. The fourth-order valence-corrected chi connectivity index (χ4v) is 3.19. The first-order chi connectivity index (χ1) is 11.0. The Morgan fingerprint density at radius 3 is 2.83 bits per heavy atom. The van der Waals surface area contributed by atoms with E-state index in [-0.39, 0.29) is 17.6 Å². The minimum atomic E-state index is -1.13. The number of carbonyl (C=O) groups excluding carboxylic acids is 3. The molecule has 1 saturated heterocycles. The van der Waals surface area contributed by atoms with Gasteiger partial charge < -0.3 is 19.8 Å². The Kier molecular flexibility index (Phi) is 3.99. The van der Waals surface area contributed by atoms with Gasteiger partial charge in [0.25, 0.3) is 0 Å². The third-order valence-electron chi connectivity index (χ3n) is 3.85. The highest BCUT2D eigenvalue weighted by atomic mass is 32.1. The third kappa shape index (κ3) is 2.65. The van der Waals surface area contributed by atoms with Crippen LogP contribution in [0.25, 0.3) is 0 Å². The lowest BCUT2D eigenvalue weighted by atomic mass is 9.71. The molecule has 3 unspecified atom stereocenters. The summed E-state index contributed by atoms with van der Waals surface area (Å²) in [5, 5.41) is 5.44. The van der Waals surface area contributed by atoms with Crippen LogP contribution in [0.2, 0.25) is 0 Å². The molecule has 1 aliphatic carbocycles. The van der Waals surface area contributed by atoms with Crippen molar-refractivity contribution in [3.8, 4) is 0 Å². The molecule has 0 bridgehead atoms. The standard InChI is InChI=1S/C15H14N2O5S/c1-2-21-14(20)11-8(18)6-7-10(13(19)17-15(23)16-7)12(11)9-4-3-5-22-9/h3-6,10-12H,2H2,1H3,(H2,16,17,19,23). The molecule has 0 radical (unpaired) electrons. The second-order valence-electron chi connectivity index (χ2n) is 5.19. The summed E-state index contributed by atoms with van der Waals surface area (Å²) in [5.41, 5.74) is 0.366. The number of rotatable bonds is 3. The maximum Gasteiger partial charge on any atom is 0.317 e. The van der Waals surface area contributed by atoms with E-state index in [0.717, 1.165) is 0 Å². The fourth-order valence-electron chi connectivity index (χ4n) is 2.97. The molecular formula is C15H14N2O5S. The van der Waals surface area contributed by atoms with Crippen LogP contribution >= 0.6 is 12.2 Å². The maximum atomic E-state index is 12.5. The van der Waals surface area contributed by atoms with Crippen molar-refractivity contribution < 1.29 is 23.5 Å². The number of nitrogens with one attached hydrogen (secondary N) is 2. The van der Waals surface area contributed by atoms with Gasteiger partial charge in [-0.15, -0.1) is 0 Å². The van der Waals surface area contributed by atoms with Gasteiger partial charge in [0, 0.05) is 11.8 Å². The van der Waals surface area contributed by atoms with Gasteiger partial charge in [0.15, 0.2) is 10.9 Å². The normalized spacial score (nSPS) is 26.7. The van der Waals surface area contributed by atoms with Crippen LogP contribution in [0.1, 0.15) is 18.6 Å². The zero-order valence-corrected chi connectivity index (χ0v) is 13.0. The van der Waals surface area contributed by atoms with Crippen molar-refractivity contribution in [1.82, 2.24) is 10.6 Å². The lowest BCUT2D eigenvalue weighted by molar-refractivity contribution is -0.153. The Balaban J connectivity index is 2.09. The van der Waals surface area contributed by atoms with Crippen LogP contribution in [-0.2, 0) is 19.1 Å². The Hall–Kier alpha value is -2.48. The monoisotopic (exact) mass is 334 g/mol. The summed E-state index contributed by atoms with van der Waals surface area (Å²) < 4.78 is 10.4. The van der Waals surface area contributed by atoms with E-state index in [4.69, 9.17) is 21.4 Å². The molecule has 0 saturated carbocycles. The molecule has 2 aliphatic rings. The molecule has 0 spiro atoms. The lowest BCUT2D eigenvalue weighted by Gasteiger charge is -2.37. The van der Waals surface area contributed by atoms with Crippen molar-refractivity contribution in [2.24, 2.45) is 11.8 Å². The SMILES string of the molecule is CCOC(=O)C1C(=O)C=C2NC(=S)NC(=O)C2C1c1ccco1. The van der Waals surface area contributed by atoms with Gasteiger partial charge in [0.05, 0.1) is 24.7 Å². The lowest BCUT2D eigenvalue weighted by Crippen LogP contribution is -2.56. The third-order valence-corrected chi connectivity index (χ3v) is 4.05. The van der Waals surface area contributed by atoms with E-state index in [1.165, 1.54) is 12.3 Å². The molecule has 7 nitrogen and oxygen atoms in total. The van der Waals surface area contributed by atoms with Crippen molar-refractivity contribution in [3.05, 3.63) is 35.9 Å². The van der Waals surface area contributed by atoms with Crippen LogP contribution in [0.5, 0.6) is 0 Å². The zero-order valence-electron chi connectivity index (χ0n) is 12.2. The Morgan fingerprint density at radius 2 is 2.17 bits per heavy atom. The fraction of sp³-hybridized carbons (Fsp3) is 0.333. The molecule has 1 fully saturated rings. The van der Waals surface area contributed by atoms with E-state index in [9.17, 15) is 14.4 Å². The molecule has 120 valence electrons. The number of fused-ring (bicyclic) bond motifs is 1. The number of ether oxygens (including phenoxy) is 1. The van der Waals surface area contributed by atoms with Gasteiger partial charge in [-0.25, -0.2) is 0 Å². The van der Waals surface area contributed by atoms with Crippen molar-refractivity contribution in [3.63, 3.8) is 0 Å². The number of hydrogen-bond acceptors (Lipinski definition) is 6. The minimum absolute atomic E-state index is 0.123. The highest BCUT2D eigenvalue weighted by molar-refractivity contribution is 7.80. The summed E-state index contributed by atoms with van der Waals surface area (Å²) in [5.74, 6) is -3.82. The van der Waals surface area contributed by atoms with E-state index in [1.54, 1.807) is 19.1 Å². The summed E-state index contributed by atoms with van der Waals surface area (Å²) in [7, 11) is 0. The molecule has 0 aromatic carbocycles. The first kappa shape index (κ1) is 15.4. The zero-order chi connectivity index (χ0) is 16.6. The van der Waals surface area contributed by atoms with Crippen molar-refractivity contribution in [2.75, 3.05) is 6.61 Å². The number of allylic oxidation sites excluding steroid dienone is 1. The quantitative estimate of drug-likeness (QED) is 0.475. The largest absolute Gasteiger partial charge is 0.469 e. The number of hydrogen-bond donors (Lipinski definition) is 2. The van der Waals surface area contributed by atoms with Crippen LogP contribution in [0.4, 0.5) is 0 Å². The number of ketones is 1. The highest BCUT2D eigenvalue weighted by Crippen LogP contribution is 2.42. The summed E-state index contributed by atoms with van der Waals surface area (Å²) in [6.45, 7) is 1.80. The van der Waals surface area contributed by atoms with Crippen LogP contribution in [0.15, 0.2) is 34.6 Å². The number of amides is 1. The predicted molar refractivity (Wildman–Crippen MR) is 82.0 cm³/mol. The molecule has 8 heteroatoms. The first-order valence-corrected chi connectivity index (χ1v) is 7.51. The molecular weight excluding hydrogens is 320 g/mol. The highest BCUT2D eigenvalue weighted by Gasteiger charge is 2.51. The van der Waals surface area contributed by atoms with Crippen LogP contribution in [0.3, 0.4) is 0 Å². The topological polar surface area (TPSA) is 97.6 Å². The van der Waals surface area contributed by atoms with E-state index in [0.29, 0.717) is 11.5 Å². The van der Waals surface area contributed by atoms with Gasteiger partial charge in [-0.1, -0.05) is 0 Å². The Bertz CT molecular complexity index is 709. The maximum absolute atomic E-state index is 12.5. The number of thiocarbonyl (C=S) groups is 1. The molecule has 1 aromatic rings. The molecule has 3 atom stereocenters. The molecule has 1 amide bonds. The van der Waals surface area contributed by atoms with E-state index in [2.05, 4.69) is 10.6 Å². The molecule has 2 N–H and O–H groups in total. The average Bonchev–Trinajstić information content (AvgIpc) is 2.99. The van der Waals surface area contributed by atoms with E-state index in [1.807, 2.05) is 0 Å². The van der Waals surface area contributed by atoms with Crippen LogP contribution in [-0.4, -0.2) is 29.4 Å². The van der Waals surface area contributed by atoms with Crippen molar-refractivity contribution in [2.45, 2.75) is 12.8 Å². The molecule has 3 rings (SSSR count). The first-order valence-electron chi connectivity index (χ1n) is 7.10. The summed E-state index contributed by atoms with van der Waals surface area (Å²) in [6, 6.07) is 3.27. The molecule has 2 heterocycles. The summed E-state index contributed by atoms with van der Waals surface area (Å²) >= 11 is 4.94. The molecule has 1 aliphatic heterocycles. The van der Waals surface area contributed by atoms with Crippen molar-refractivity contribution in [1.29, 1.82) is 0 Å². The number of carbonyl (C=O) groups is 3. The van der Waals surface area contributed by atoms with Gasteiger partial charge in [-0.3, -0.25) is 14.4 Å². The Morgan fingerprint density at radius 1 is 1.39 bits per heavy atom. The van der Waals surface area contributed by atoms with E-state index >= 15 is 0 Å². The minimum Gasteiger partial charge on any atom is -0.469 e. The van der Waals surface area contributed by atoms with Crippen LogP contribution < -0.4 is 10.6 Å². The second kappa shape index (κ2) is 5.96. The van der Waals surface area contributed by atoms with Gasteiger partial charge >= 0.3 is 5.97 Å². The van der Waals surface area contributed by atoms with E-state index < -0.39 is 29.5 Å². The van der Waals surface area contributed by atoms with Gasteiger partial charge in [0.2, 0.25) is 5.91 Å². The molecule has 1 aromatic heterocycles. The van der Waals surface area contributed by atoms with Crippen LogP contribution in [0, 0.1) is 11.8 Å². The van der Waals surface area contributed by atoms with Gasteiger partial charge in [-0.05, 0) is 31.3 Å². The van der Waals surface area contributed by atoms with Crippen molar-refractivity contribution >= 4 is 35.0 Å². The molecule has 23 heavy (non-hydrogen) atoms. The average molecular weight is 334 g/mol. The Labute approximate surface area is 137 Å². The smallest absolute Gasteiger partial charge is 0.317 e. The van der Waals surface area contributed by atoms with Gasteiger partial charge in [-0.2, -0.15) is 0 Å². The number of furan rings is 1. The number of esters is 1. The van der Waals surface area contributed by atoms with Gasteiger partial charge in [0.1, 0.15) is 11.7 Å². The summed E-state index contributed by atoms with van der Waals surface area (Å²) in [4.78, 5) is 37.1. The predicted octanol–water partition coefficient (Wildman–Crippen LogP) is 0.630. The second-order valence-corrected chi connectivity index (χ2v) is 5.60.